The van der Waals surface area contributed by atoms with E-state index in [9.17, 15) is 47.9 Å². The molecule has 0 saturated heterocycles. The summed E-state index contributed by atoms with van der Waals surface area (Å²) in [7, 11) is 1.00. The zero-order valence-corrected chi connectivity index (χ0v) is 59.0. The van der Waals surface area contributed by atoms with Crippen LogP contribution < -0.4 is 15.5 Å². The van der Waals surface area contributed by atoms with Crippen LogP contribution in [-0.2, 0) is 33.2 Å². The molecule has 99 heavy (non-hydrogen) atoms. The van der Waals surface area contributed by atoms with Gasteiger partial charge in [-0.05, 0) is 142 Å². The summed E-state index contributed by atoms with van der Waals surface area (Å²) in [5.74, 6) is -4.35. The molecule has 4 aromatic carbocycles. The second kappa shape index (κ2) is 36.1. The van der Waals surface area contributed by atoms with Gasteiger partial charge in [0.15, 0.2) is 23.2 Å². The molecule has 1 atom stereocenters. The number of aromatic nitrogens is 4. The molecule has 0 saturated carbocycles. The van der Waals surface area contributed by atoms with Gasteiger partial charge in [0.25, 0.3) is 5.88 Å². The number of imidazole rings is 1. The molecular weight excluding hydrogens is 1280 g/mol. The van der Waals surface area contributed by atoms with E-state index < -0.39 is 88.0 Å². The number of hydrogen-bond acceptors (Lipinski definition) is 23. The Labute approximate surface area is 573 Å². The molecule has 0 aliphatic rings. The number of aromatic carboxylic acids is 1. The number of nitrogens with one attached hydrogen (secondary N) is 2. The van der Waals surface area contributed by atoms with Crippen LogP contribution in [0.15, 0.2) is 130 Å². The Morgan fingerprint density at radius 1 is 0.545 bits per heavy atom. The van der Waals surface area contributed by atoms with Gasteiger partial charge in [0.1, 0.15) is 45.4 Å². The molecule has 0 fully saturated rings. The van der Waals surface area contributed by atoms with E-state index in [1.165, 1.54) is 13.8 Å². The second-order valence-electron chi connectivity index (χ2n) is 25.8. The molecule has 4 amide bonds. The van der Waals surface area contributed by atoms with Gasteiger partial charge in [0, 0.05) is 42.7 Å². The Bertz CT molecular complexity index is 3920. The number of amides is 4. The number of hydrogen-bond donors (Lipinski definition) is 4. The number of aliphatic hydroxyl groups is 1. The number of oxazole rings is 2. The van der Waals surface area contributed by atoms with Gasteiger partial charge in [0.2, 0.25) is 29.1 Å². The number of ether oxygens (including phenoxy) is 6. The number of nitriles is 1. The molecule has 0 aliphatic heterocycles. The highest BCUT2D eigenvalue weighted by Gasteiger charge is 2.40. The van der Waals surface area contributed by atoms with E-state index in [4.69, 9.17) is 52.7 Å². The molecule has 28 heteroatoms. The van der Waals surface area contributed by atoms with E-state index in [-0.39, 0.29) is 71.0 Å². The molecule has 530 valence electrons. The average Bonchev–Trinajstić information content (AvgIpc) is 1.65. The Kier molecular flexibility index (Phi) is 29.9. The quantitative estimate of drug-likeness (QED) is 0.0446. The molecule has 28 nitrogen and oxygen atoms in total. The topological polar surface area (TPSA) is 388 Å². The summed E-state index contributed by atoms with van der Waals surface area (Å²) in [5.41, 5.74) is -2.67. The first-order valence-electron chi connectivity index (χ1n) is 30.7. The highest BCUT2D eigenvalue weighted by Crippen LogP contribution is 2.33. The summed E-state index contributed by atoms with van der Waals surface area (Å²) >= 11 is 0. The smallest absolute Gasteiger partial charge is 0.427 e. The summed E-state index contributed by atoms with van der Waals surface area (Å²) in [6.45, 7) is 29.5. The summed E-state index contributed by atoms with van der Waals surface area (Å²) in [6, 6.07) is 36.8. The van der Waals surface area contributed by atoms with Crippen molar-refractivity contribution in [3.63, 3.8) is 0 Å². The molecule has 0 spiro atoms. The lowest BCUT2D eigenvalue weighted by Crippen LogP contribution is -2.44. The van der Waals surface area contributed by atoms with Crippen LogP contribution in [0, 0.1) is 17.2 Å². The van der Waals surface area contributed by atoms with Crippen LogP contribution in [0.4, 0.5) is 41.6 Å². The molecule has 3 heterocycles. The fourth-order valence-corrected chi connectivity index (χ4v) is 7.66. The van der Waals surface area contributed by atoms with Gasteiger partial charge in [0.05, 0.1) is 12.7 Å². The highest BCUT2D eigenvalue weighted by molar-refractivity contribution is 6.12. The van der Waals surface area contributed by atoms with E-state index >= 15 is 0 Å². The number of rotatable bonds is 14. The monoisotopic (exact) mass is 1370 g/mol. The molecule has 0 aliphatic carbocycles. The SMILES string of the molecule is CC(=O)C(C#N)CC(=O)c1ccccc1.CC(=O)c1nc(-c2ccccc2)n(C(=O)OC(C)(C)C)c1NC(=O)OC(C)(C)C.CC(C)(C)OC(=O)Nc1oc(-c2ccccc2)nc1C(=O)O.CCOC(=O)c1nc(-c2ccccc2)oc1N(C(=O)OC(C)(C)C)C(=O)OC(C)(C)C.CO. The van der Waals surface area contributed by atoms with Crippen LogP contribution in [0.2, 0.25) is 0 Å². The summed E-state index contributed by atoms with van der Waals surface area (Å²) < 4.78 is 43.7. The number of esters is 1. The first-order valence-corrected chi connectivity index (χ1v) is 30.7. The largest absolute Gasteiger partial charge is 0.476 e. The zero-order valence-electron chi connectivity index (χ0n) is 59.0. The minimum atomic E-state index is -1.31. The molecule has 0 radical (unpaired) electrons. The number of carboxylic acids is 1. The van der Waals surface area contributed by atoms with Crippen molar-refractivity contribution in [2.45, 2.75) is 159 Å². The van der Waals surface area contributed by atoms with Crippen molar-refractivity contribution in [2.24, 2.45) is 5.92 Å². The number of anilines is 3. The highest BCUT2D eigenvalue weighted by atomic mass is 16.6. The summed E-state index contributed by atoms with van der Waals surface area (Å²) in [4.78, 5) is 134. The summed E-state index contributed by atoms with van der Waals surface area (Å²) in [6.07, 6.45) is -4.60. The molecule has 1 unspecified atom stereocenters. The molecule has 4 N–H and O–H groups in total. The van der Waals surface area contributed by atoms with Crippen LogP contribution in [0.5, 0.6) is 0 Å². The Hall–Kier alpha value is -11.3. The van der Waals surface area contributed by atoms with Crippen LogP contribution in [0.25, 0.3) is 34.3 Å². The predicted molar refractivity (Wildman–Crippen MR) is 364 cm³/mol. The number of carbonyl (C=O) groups is 10. The van der Waals surface area contributed by atoms with Crippen molar-refractivity contribution < 1.29 is 95.4 Å². The van der Waals surface area contributed by atoms with Crippen molar-refractivity contribution in [1.82, 2.24) is 19.5 Å². The average molecular weight is 1370 g/mol. The minimum Gasteiger partial charge on any atom is -0.476 e. The number of aliphatic hydroxyl groups excluding tert-OH is 1. The van der Waals surface area contributed by atoms with Crippen LogP contribution in [0.3, 0.4) is 0 Å². The van der Waals surface area contributed by atoms with Crippen molar-refractivity contribution in [3.8, 4) is 40.4 Å². The Morgan fingerprint density at radius 3 is 1.34 bits per heavy atom. The number of imide groups is 1. The van der Waals surface area contributed by atoms with Gasteiger partial charge >= 0.3 is 42.4 Å². The van der Waals surface area contributed by atoms with Crippen molar-refractivity contribution in [1.29, 1.82) is 5.26 Å². The van der Waals surface area contributed by atoms with Crippen LogP contribution in [0.1, 0.15) is 173 Å². The first kappa shape index (κ1) is 81.9. The fourth-order valence-electron chi connectivity index (χ4n) is 7.66. The normalized spacial score (nSPS) is 11.3. The van der Waals surface area contributed by atoms with E-state index in [0.717, 1.165) is 11.7 Å². The summed E-state index contributed by atoms with van der Waals surface area (Å²) in [5, 5.41) is 29.6. The third-order valence-electron chi connectivity index (χ3n) is 11.5. The maximum absolute atomic E-state index is 13.0. The number of benzene rings is 4. The van der Waals surface area contributed by atoms with E-state index in [1.807, 2.05) is 24.3 Å². The standard InChI is InChI=1S/C22H28N2O7.C21H27N3O5.C15H16N2O5.C12H11NO2.CH4O/c1-8-28-18(25)15-17(29-16(23-15)14-12-10-9-11-13-14)24(19(26)30-21(2,3)4)20(27)31-22(5,6)7;1-13(25)15-17(23-18(26)28-20(2,3)4)24(19(27)29-21(5,6)7)16(22-15)14-11-9-8-10-12-14;1-15(2,3)22-14(20)17-12-10(13(18)19)16-11(21-12)9-7-5-4-6-8-9;1-9(14)11(8-13)7-12(15)10-5-3-2-4-6-10;1-2/h9-13H,8H2,1-7H3;8-12H,1-7H3,(H,23,26);4-8H,1-3H3,(H,17,20)(H,18,19);2-6,11H,7H2,1H3;2H,1H3. The Morgan fingerprint density at radius 2 is 0.949 bits per heavy atom. The number of carbonyl (C=O) groups excluding carboxylic acids is 9. The lowest BCUT2D eigenvalue weighted by atomic mass is 9.96. The van der Waals surface area contributed by atoms with Gasteiger partial charge < -0.3 is 47.5 Å². The van der Waals surface area contributed by atoms with E-state index in [2.05, 4.69) is 25.6 Å². The van der Waals surface area contributed by atoms with Crippen LogP contribution >= 0.6 is 0 Å². The molecule has 0 bridgehead atoms. The number of Topliss-reactive ketones (excluding diaryl/α,β-unsaturated/α-hetero) is 3. The predicted octanol–water partition coefficient (Wildman–Crippen LogP) is 15.1. The molecular formula is C71H86N8O20. The van der Waals surface area contributed by atoms with Gasteiger partial charge in [-0.2, -0.15) is 15.2 Å². The lowest BCUT2D eigenvalue weighted by Gasteiger charge is -2.27. The minimum absolute atomic E-state index is 0.0239. The second-order valence-corrected chi connectivity index (χ2v) is 25.8. The number of ketones is 3. The lowest BCUT2D eigenvalue weighted by molar-refractivity contribution is -0.119. The van der Waals surface area contributed by atoms with E-state index in [1.54, 1.807) is 214 Å². The van der Waals surface area contributed by atoms with E-state index in [0.29, 0.717) is 27.2 Å². The maximum atomic E-state index is 13.0. The molecule has 7 aromatic rings. The molecule has 3 aromatic heterocycles. The third kappa shape index (κ3) is 27.4. The van der Waals surface area contributed by atoms with Crippen molar-refractivity contribution in [2.75, 3.05) is 29.3 Å². The van der Waals surface area contributed by atoms with Gasteiger partial charge in [-0.3, -0.25) is 25.0 Å². The van der Waals surface area contributed by atoms with Crippen molar-refractivity contribution >= 4 is 77.3 Å². The first-order chi connectivity index (χ1) is 46.0. The number of nitrogens with zero attached hydrogens (tertiary/aromatic N) is 6. The maximum Gasteiger partial charge on any atom is 0.427 e. The van der Waals surface area contributed by atoms with Crippen molar-refractivity contribution in [3.05, 3.63) is 144 Å². The Balaban J connectivity index is 0.000000350. The third-order valence-corrected chi connectivity index (χ3v) is 11.5. The van der Waals surface area contributed by atoms with Gasteiger partial charge in [-0.1, -0.05) is 97.1 Å². The molecule has 7 rings (SSSR count). The van der Waals surface area contributed by atoms with Crippen LogP contribution in [-0.4, -0.2) is 131 Å². The number of carboxylic acid groups (broad SMARTS) is 1. The van der Waals surface area contributed by atoms with Gasteiger partial charge in [-0.25, -0.2) is 43.1 Å². The fraction of sp³-hybridized carbons (Fsp3) is 0.380. The zero-order chi connectivity index (χ0) is 75.0. The van der Waals surface area contributed by atoms with Gasteiger partial charge in [-0.15, -0.1) is 4.90 Å².